The van der Waals surface area contributed by atoms with Crippen molar-refractivity contribution in [1.29, 1.82) is 0 Å². The van der Waals surface area contributed by atoms with Crippen molar-refractivity contribution in [2.45, 2.75) is 31.0 Å². The molecule has 0 aromatic heterocycles. The summed E-state index contributed by atoms with van der Waals surface area (Å²) >= 11 is 1.43. The molecule has 0 radical (unpaired) electrons. The fraction of sp³-hybridized carbons (Fsp3) is 0.333. The summed E-state index contributed by atoms with van der Waals surface area (Å²) in [6, 6.07) is 11.8. The summed E-state index contributed by atoms with van der Waals surface area (Å²) < 4.78 is 39.1. The molecule has 2 amide bonds. The highest BCUT2D eigenvalue weighted by atomic mass is 32.2. The van der Waals surface area contributed by atoms with Crippen LogP contribution < -0.4 is 4.90 Å². The number of hydrogen-bond donors (Lipinski definition) is 0. The molecular weight excluding hydrogens is 401 g/mol. The van der Waals surface area contributed by atoms with Crippen LogP contribution in [0, 0.1) is 0 Å². The average Bonchev–Trinajstić information content (AvgIpc) is 2.70. The number of carbonyl (C=O) groups is 2. The van der Waals surface area contributed by atoms with Crippen molar-refractivity contribution in [1.82, 2.24) is 4.90 Å². The van der Waals surface area contributed by atoms with Crippen LogP contribution in [0.5, 0.6) is 0 Å². The molecule has 4 nitrogen and oxygen atoms in total. The zero-order valence-corrected chi connectivity index (χ0v) is 16.9. The zero-order chi connectivity index (χ0) is 21.2. The van der Waals surface area contributed by atoms with Gasteiger partial charge in [-0.1, -0.05) is 24.3 Å². The lowest BCUT2D eigenvalue weighted by Crippen LogP contribution is -2.45. The highest BCUT2D eigenvalue weighted by Crippen LogP contribution is 2.35. The van der Waals surface area contributed by atoms with Gasteiger partial charge >= 0.3 is 6.18 Å². The van der Waals surface area contributed by atoms with E-state index in [1.54, 1.807) is 32.0 Å². The Hall–Kier alpha value is -2.48. The normalized spacial score (nSPS) is 15.1. The van der Waals surface area contributed by atoms with E-state index in [0.717, 1.165) is 17.0 Å². The Balaban J connectivity index is 1.82. The molecule has 29 heavy (non-hydrogen) atoms. The molecule has 2 aromatic carbocycles. The molecule has 0 saturated heterocycles. The molecule has 8 heteroatoms. The van der Waals surface area contributed by atoms with Gasteiger partial charge < -0.3 is 9.80 Å². The molecule has 0 saturated carbocycles. The number of halogens is 3. The lowest BCUT2D eigenvalue weighted by Gasteiger charge is -2.33. The number of thioether (sulfide) groups is 1. The average molecular weight is 422 g/mol. The largest absolute Gasteiger partial charge is 0.416 e. The third kappa shape index (κ3) is 4.58. The fourth-order valence-corrected chi connectivity index (χ4v) is 4.31. The lowest BCUT2D eigenvalue weighted by atomic mass is 10.0. The van der Waals surface area contributed by atoms with E-state index in [4.69, 9.17) is 0 Å². The second-order valence-electron chi connectivity index (χ2n) is 6.72. The quantitative estimate of drug-likeness (QED) is 0.698. The molecule has 1 aliphatic rings. The van der Waals surface area contributed by atoms with Gasteiger partial charge in [0.05, 0.1) is 23.0 Å². The summed E-state index contributed by atoms with van der Waals surface area (Å²) in [5, 5.41) is 0. The third-order valence-corrected chi connectivity index (χ3v) is 5.97. The molecular formula is C21H21F3N2O2S. The lowest BCUT2D eigenvalue weighted by molar-refractivity contribution is -0.137. The third-order valence-electron chi connectivity index (χ3n) is 4.93. The predicted molar refractivity (Wildman–Crippen MR) is 107 cm³/mol. The van der Waals surface area contributed by atoms with Gasteiger partial charge in [0.25, 0.3) is 0 Å². The van der Waals surface area contributed by atoms with Crippen LogP contribution in [0.2, 0.25) is 0 Å². The van der Waals surface area contributed by atoms with Gasteiger partial charge in [0.2, 0.25) is 11.8 Å². The number of fused-ring (bicyclic) bond motifs is 1. The minimum Gasteiger partial charge on any atom is -0.335 e. The van der Waals surface area contributed by atoms with Crippen LogP contribution in [0.25, 0.3) is 0 Å². The van der Waals surface area contributed by atoms with Crippen molar-refractivity contribution in [3.63, 3.8) is 0 Å². The summed E-state index contributed by atoms with van der Waals surface area (Å²) in [5.41, 5.74) is 0.336. The van der Waals surface area contributed by atoms with E-state index in [-0.39, 0.29) is 24.1 Å². The molecule has 0 fully saturated rings. The number of amides is 2. The first kappa shape index (κ1) is 21.2. The molecule has 2 aromatic rings. The number of alkyl halides is 3. The molecule has 0 spiro atoms. The van der Waals surface area contributed by atoms with Crippen LogP contribution >= 0.6 is 11.8 Å². The van der Waals surface area contributed by atoms with E-state index < -0.39 is 17.8 Å². The van der Waals surface area contributed by atoms with Crippen molar-refractivity contribution in [2.24, 2.45) is 0 Å². The minimum absolute atomic E-state index is 0.145. The Bertz CT molecular complexity index is 917. The Morgan fingerprint density at radius 3 is 2.62 bits per heavy atom. The monoisotopic (exact) mass is 422 g/mol. The minimum atomic E-state index is -4.45. The van der Waals surface area contributed by atoms with E-state index in [1.165, 1.54) is 27.6 Å². The molecule has 154 valence electrons. The molecule has 0 bridgehead atoms. The van der Waals surface area contributed by atoms with Crippen LogP contribution in [0.3, 0.4) is 0 Å². The first-order valence-electron chi connectivity index (χ1n) is 9.21. The van der Waals surface area contributed by atoms with Crippen molar-refractivity contribution >= 4 is 29.3 Å². The molecule has 1 unspecified atom stereocenters. The highest BCUT2D eigenvalue weighted by molar-refractivity contribution is 8.00. The maximum Gasteiger partial charge on any atom is 0.416 e. The Labute approximate surface area is 171 Å². The van der Waals surface area contributed by atoms with Gasteiger partial charge in [-0.05, 0) is 43.7 Å². The van der Waals surface area contributed by atoms with E-state index in [1.807, 2.05) is 12.1 Å². The summed E-state index contributed by atoms with van der Waals surface area (Å²) in [6.45, 7) is 3.63. The summed E-state index contributed by atoms with van der Waals surface area (Å²) in [6.07, 6.45) is -4.45. The Kier molecular flexibility index (Phi) is 6.21. The number of hydrogen-bond acceptors (Lipinski definition) is 3. The van der Waals surface area contributed by atoms with Crippen molar-refractivity contribution in [3.05, 3.63) is 59.7 Å². The molecule has 0 N–H and O–H groups in total. The SMILES string of the molecule is CCN(C(=O)CN1C(=O)CSc2ccccc21)C(C)c1cccc(C(F)(F)F)c1. The van der Waals surface area contributed by atoms with Gasteiger partial charge in [0, 0.05) is 11.4 Å². The molecule has 0 aliphatic carbocycles. The molecule has 1 aliphatic heterocycles. The second kappa shape index (κ2) is 8.49. The standard InChI is InChI=1S/C21H21F3N2O2S/c1-3-25(14(2)15-7-6-8-16(11-15)21(22,23)24)19(27)12-26-17-9-4-5-10-18(17)29-13-20(26)28/h4-11,14H,3,12-13H2,1-2H3. The van der Waals surface area contributed by atoms with Gasteiger partial charge in [0.1, 0.15) is 6.54 Å². The first-order chi connectivity index (χ1) is 13.7. The maximum absolute atomic E-state index is 13.0. The Morgan fingerprint density at radius 2 is 1.93 bits per heavy atom. The number of likely N-dealkylation sites (N-methyl/N-ethyl adjacent to an activating group) is 1. The smallest absolute Gasteiger partial charge is 0.335 e. The van der Waals surface area contributed by atoms with Crippen LogP contribution in [0.1, 0.15) is 31.0 Å². The highest BCUT2D eigenvalue weighted by Gasteiger charge is 2.32. The van der Waals surface area contributed by atoms with Gasteiger partial charge in [-0.25, -0.2) is 0 Å². The topological polar surface area (TPSA) is 40.6 Å². The summed E-state index contributed by atoms with van der Waals surface area (Å²) in [7, 11) is 0. The van der Waals surface area contributed by atoms with Crippen LogP contribution in [0.4, 0.5) is 18.9 Å². The van der Waals surface area contributed by atoms with E-state index in [0.29, 0.717) is 17.8 Å². The van der Waals surface area contributed by atoms with Gasteiger partial charge in [-0.2, -0.15) is 13.2 Å². The van der Waals surface area contributed by atoms with E-state index >= 15 is 0 Å². The van der Waals surface area contributed by atoms with Crippen molar-refractivity contribution < 1.29 is 22.8 Å². The van der Waals surface area contributed by atoms with Crippen molar-refractivity contribution in [2.75, 3.05) is 23.7 Å². The molecule has 3 rings (SSSR count). The van der Waals surface area contributed by atoms with Crippen LogP contribution in [-0.2, 0) is 15.8 Å². The number of para-hydroxylation sites is 1. The van der Waals surface area contributed by atoms with Gasteiger partial charge in [0.15, 0.2) is 0 Å². The fourth-order valence-electron chi connectivity index (χ4n) is 3.37. The number of anilines is 1. The number of rotatable bonds is 5. The van der Waals surface area contributed by atoms with Crippen LogP contribution in [-0.4, -0.2) is 35.6 Å². The second-order valence-corrected chi connectivity index (χ2v) is 7.73. The number of carbonyl (C=O) groups excluding carboxylic acids is 2. The summed E-state index contributed by atoms with van der Waals surface area (Å²) in [4.78, 5) is 29.3. The first-order valence-corrected chi connectivity index (χ1v) is 10.2. The van der Waals surface area contributed by atoms with Crippen LogP contribution in [0.15, 0.2) is 53.4 Å². The zero-order valence-electron chi connectivity index (χ0n) is 16.1. The van der Waals surface area contributed by atoms with E-state index in [2.05, 4.69) is 0 Å². The predicted octanol–water partition coefficient (Wildman–Crippen LogP) is 4.75. The number of nitrogens with zero attached hydrogens (tertiary/aromatic N) is 2. The van der Waals surface area contributed by atoms with Gasteiger partial charge in [-0.15, -0.1) is 11.8 Å². The van der Waals surface area contributed by atoms with E-state index in [9.17, 15) is 22.8 Å². The molecule has 1 heterocycles. The molecule has 1 atom stereocenters. The summed E-state index contributed by atoms with van der Waals surface area (Å²) in [5.74, 6) is -0.225. The van der Waals surface area contributed by atoms with Crippen molar-refractivity contribution in [3.8, 4) is 0 Å². The Morgan fingerprint density at radius 1 is 1.21 bits per heavy atom. The van der Waals surface area contributed by atoms with Gasteiger partial charge in [-0.3, -0.25) is 9.59 Å². The number of benzene rings is 2. The maximum atomic E-state index is 13.0.